The Morgan fingerprint density at radius 3 is 2.65 bits per heavy atom. The van der Waals surface area contributed by atoms with E-state index in [4.69, 9.17) is 4.74 Å². The van der Waals surface area contributed by atoms with Crippen LogP contribution in [-0.4, -0.2) is 17.8 Å². The standard InChI is InChI=1S/C11H12FNO4/c1-3-8(14)4-7-5-11(17-2)9(12)6-10(7)13(15)16/h5-6H,3-4H2,1-2H3. The van der Waals surface area contributed by atoms with Gasteiger partial charge in [-0.25, -0.2) is 4.39 Å². The third kappa shape index (κ3) is 2.99. The fourth-order valence-electron chi connectivity index (χ4n) is 1.39. The van der Waals surface area contributed by atoms with Crippen LogP contribution in [0.2, 0.25) is 0 Å². The van der Waals surface area contributed by atoms with E-state index in [1.165, 1.54) is 13.2 Å². The second-order valence-corrected chi connectivity index (χ2v) is 3.44. The lowest BCUT2D eigenvalue weighted by Gasteiger charge is -2.06. The van der Waals surface area contributed by atoms with E-state index in [0.717, 1.165) is 6.07 Å². The van der Waals surface area contributed by atoms with E-state index >= 15 is 0 Å². The summed E-state index contributed by atoms with van der Waals surface area (Å²) in [5, 5.41) is 10.7. The van der Waals surface area contributed by atoms with Crippen LogP contribution in [0.1, 0.15) is 18.9 Å². The summed E-state index contributed by atoms with van der Waals surface area (Å²) >= 11 is 0. The second kappa shape index (κ2) is 5.38. The van der Waals surface area contributed by atoms with Gasteiger partial charge in [0.25, 0.3) is 5.69 Å². The van der Waals surface area contributed by atoms with Crippen LogP contribution in [0.25, 0.3) is 0 Å². The number of methoxy groups -OCH3 is 1. The van der Waals surface area contributed by atoms with Gasteiger partial charge in [0.05, 0.1) is 18.1 Å². The molecule has 0 heterocycles. The van der Waals surface area contributed by atoms with Gasteiger partial charge in [-0.3, -0.25) is 14.9 Å². The van der Waals surface area contributed by atoms with Gasteiger partial charge in [-0.05, 0) is 6.07 Å². The molecule has 5 nitrogen and oxygen atoms in total. The lowest BCUT2D eigenvalue weighted by Crippen LogP contribution is -2.05. The molecule has 0 aliphatic rings. The first-order valence-electron chi connectivity index (χ1n) is 5.02. The van der Waals surface area contributed by atoms with Crippen molar-refractivity contribution in [3.05, 3.63) is 33.6 Å². The molecule has 0 atom stereocenters. The molecular weight excluding hydrogens is 229 g/mol. The van der Waals surface area contributed by atoms with Crippen molar-refractivity contribution >= 4 is 11.5 Å². The normalized spacial score (nSPS) is 10.1. The maximum atomic E-state index is 13.3. The van der Waals surface area contributed by atoms with E-state index < -0.39 is 16.4 Å². The van der Waals surface area contributed by atoms with Crippen molar-refractivity contribution < 1.29 is 18.8 Å². The van der Waals surface area contributed by atoms with Crippen molar-refractivity contribution in [2.45, 2.75) is 19.8 Å². The highest BCUT2D eigenvalue weighted by Crippen LogP contribution is 2.28. The molecule has 1 aromatic rings. The van der Waals surface area contributed by atoms with E-state index in [0.29, 0.717) is 0 Å². The SMILES string of the molecule is CCC(=O)Cc1cc(OC)c(F)cc1[N+](=O)[O-]. The van der Waals surface area contributed by atoms with Crippen LogP contribution in [0.3, 0.4) is 0 Å². The van der Waals surface area contributed by atoms with Gasteiger partial charge in [0.15, 0.2) is 11.6 Å². The maximum Gasteiger partial charge on any atom is 0.276 e. The number of nitro groups is 1. The number of hydrogen-bond acceptors (Lipinski definition) is 4. The van der Waals surface area contributed by atoms with Gasteiger partial charge in [0.1, 0.15) is 5.78 Å². The van der Waals surface area contributed by atoms with E-state index in [1.54, 1.807) is 6.92 Å². The van der Waals surface area contributed by atoms with Gasteiger partial charge in [-0.15, -0.1) is 0 Å². The number of rotatable bonds is 5. The van der Waals surface area contributed by atoms with Crippen LogP contribution in [0.5, 0.6) is 5.75 Å². The Kier molecular flexibility index (Phi) is 4.14. The number of Topliss-reactive ketones (excluding diaryl/α,β-unsaturated/α-hetero) is 1. The lowest BCUT2D eigenvalue weighted by molar-refractivity contribution is -0.385. The molecule has 1 aromatic carbocycles. The molecule has 0 amide bonds. The molecule has 0 N–H and O–H groups in total. The molecule has 0 bridgehead atoms. The molecule has 0 aliphatic carbocycles. The number of nitro benzene ring substituents is 1. The highest BCUT2D eigenvalue weighted by atomic mass is 19.1. The minimum Gasteiger partial charge on any atom is -0.494 e. The fourth-order valence-corrected chi connectivity index (χ4v) is 1.39. The zero-order chi connectivity index (χ0) is 13.0. The number of hydrogen-bond donors (Lipinski definition) is 0. The summed E-state index contributed by atoms with van der Waals surface area (Å²) in [5.41, 5.74) is -0.231. The Balaban J connectivity index is 3.23. The number of ether oxygens (including phenoxy) is 1. The largest absolute Gasteiger partial charge is 0.494 e. The van der Waals surface area contributed by atoms with Crippen LogP contribution < -0.4 is 4.74 Å². The second-order valence-electron chi connectivity index (χ2n) is 3.44. The summed E-state index contributed by atoms with van der Waals surface area (Å²) in [4.78, 5) is 21.3. The topological polar surface area (TPSA) is 69.4 Å². The minimum absolute atomic E-state index is 0.0938. The van der Waals surface area contributed by atoms with Crippen molar-refractivity contribution in [2.24, 2.45) is 0 Å². The molecule has 0 spiro atoms. The van der Waals surface area contributed by atoms with Gasteiger partial charge < -0.3 is 4.74 Å². The van der Waals surface area contributed by atoms with Crippen LogP contribution in [-0.2, 0) is 11.2 Å². The van der Waals surface area contributed by atoms with E-state index in [9.17, 15) is 19.3 Å². The molecule has 0 saturated heterocycles. The summed E-state index contributed by atoms with van der Waals surface area (Å²) in [7, 11) is 1.26. The van der Waals surface area contributed by atoms with Crippen molar-refractivity contribution in [3.8, 4) is 5.75 Å². The quantitative estimate of drug-likeness (QED) is 0.585. The lowest BCUT2D eigenvalue weighted by atomic mass is 10.0. The molecule has 0 radical (unpaired) electrons. The first-order valence-corrected chi connectivity index (χ1v) is 5.02. The molecule has 0 aromatic heterocycles. The summed E-state index contributed by atoms with van der Waals surface area (Å²) in [6.45, 7) is 1.66. The first-order chi connectivity index (χ1) is 7.99. The number of halogens is 1. The number of benzene rings is 1. The Morgan fingerprint density at radius 2 is 2.18 bits per heavy atom. The predicted octanol–water partition coefficient (Wildman–Crippen LogP) is 2.26. The number of carbonyl (C=O) groups is 1. The Morgan fingerprint density at radius 1 is 1.53 bits per heavy atom. The smallest absolute Gasteiger partial charge is 0.276 e. The predicted molar refractivity (Wildman–Crippen MR) is 58.6 cm³/mol. The summed E-state index contributed by atoms with van der Waals surface area (Å²) in [5.74, 6) is -1.07. The number of carbonyl (C=O) groups excluding carboxylic acids is 1. The van der Waals surface area contributed by atoms with Crippen LogP contribution in [0.15, 0.2) is 12.1 Å². The Labute approximate surface area is 97.3 Å². The monoisotopic (exact) mass is 241 g/mol. The van der Waals surface area contributed by atoms with Crippen molar-refractivity contribution in [1.29, 1.82) is 0 Å². The fraction of sp³-hybridized carbons (Fsp3) is 0.364. The van der Waals surface area contributed by atoms with Gasteiger partial charge in [-0.1, -0.05) is 6.92 Å². The molecular formula is C11H12FNO4. The highest BCUT2D eigenvalue weighted by Gasteiger charge is 2.20. The first kappa shape index (κ1) is 13.1. The maximum absolute atomic E-state index is 13.3. The molecule has 0 aliphatic heterocycles. The third-order valence-electron chi connectivity index (χ3n) is 2.33. The van der Waals surface area contributed by atoms with Crippen LogP contribution in [0, 0.1) is 15.9 Å². The zero-order valence-corrected chi connectivity index (χ0v) is 9.53. The Bertz CT molecular complexity index is 459. The molecule has 6 heteroatoms. The van der Waals surface area contributed by atoms with Gasteiger partial charge in [0, 0.05) is 18.4 Å². The third-order valence-corrected chi connectivity index (χ3v) is 2.33. The molecule has 1 rings (SSSR count). The molecule has 0 fully saturated rings. The van der Waals surface area contributed by atoms with Crippen LogP contribution in [0.4, 0.5) is 10.1 Å². The Hall–Kier alpha value is -1.98. The number of ketones is 1. The average molecular weight is 241 g/mol. The van der Waals surface area contributed by atoms with Gasteiger partial charge in [-0.2, -0.15) is 0 Å². The minimum atomic E-state index is -0.813. The van der Waals surface area contributed by atoms with Crippen molar-refractivity contribution in [3.63, 3.8) is 0 Å². The highest BCUT2D eigenvalue weighted by molar-refractivity contribution is 5.81. The van der Waals surface area contributed by atoms with E-state index in [-0.39, 0.29) is 29.9 Å². The molecule has 0 saturated carbocycles. The zero-order valence-electron chi connectivity index (χ0n) is 9.53. The van der Waals surface area contributed by atoms with E-state index in [1.807, 2.05) is 0 Å². The van der Waals surface area contributed by atoms with Crippen LogP contribution >= 0.6 is 0 Å². The summed E-state index contributed by atoms with van der Waals surface area (Å²) < 4.78 is 18.0. The molecule has 0 unspecified atom stereocenters. The van der Waals surface area contributed by atoms with Gasteiger partial charge >= 0.3 is 0 Å². The van der Waals surface area contributed by atoms with Crippen molar-refractivity contribution in [2.75, 3.05) is 7.11 Å². The van der Waals surface area contributed by atoms with Gasteiger partial charge in [0.2, 0.25) is 0 Å². The van der Waals surface area contributed by atoms with E-state index in [2.05, 4.69) is 0 Å². The molecule has 92 valence electrons. The summed E-state index contributed by atoms with van der Waals surface area (Å²) in [6.07, 6.45) is 0.181. The van der Waals surface area contributed by atoms with Crippen molar-refractivity contribution in [1.82, 2.24) is 0 Å². The molecule has 17 heavy (non-hydrogen) atoms. The average Bonchev–Trinajstić information content (AvgIpc) is 2.30. The summed E-state index contributed by atoms with van der Waals surface area (Å²) in [6, 6.07) is 1.97. The number of nitrogens with zero attached hydrogens (tertiary/aromatic N) is 1.